The molecule has 104 valence electrons. The van der Waals surface area contributed by atoms with Crippen LogP contribution in [0.5, 0.6) is 0 Å². The van der Waals surface area contributed by atoms with Crippen LogP contribution in [0.25, 0.3) is 0 Å². The number of aryl methyl sites for hydroxylation is 1. The molecule has 20 heavy (non-hydrogen) atoms. The number of pyridine rings is 1. The molecule has 0 aliphatic heterocycles. The largest absolute Gasteiger partial charge is 0.334 e. The number of urea groups is 1. The molecule has 1 aromatic heterocycles. The number of hydrogen-bond acceptors (Lipinski definition) is 2. The van der Waals surface area contributed by atoms with E-state index in [-0.39, 0.29) is 12.1 Å². The molecule has 0 fully saturated rings. The van der Waals surface area contributed by atoms with Gasteiger partial charge in [0.05, 0.1) is 11.7 Å². The van der Waals surface area contributed by atoms with Crippen LogP contribution in [0.15, 0.2) is 48.7 Å². The highest BCUT2D eigenvalue weighted by Crippen LogP contribution is 2.07. The van der Waals surface area contributed by atoms with Crippen LogP contribution >= 0.6 is 0 Å². The molecule has 2 amide bonds. The van der Waals surface area contributed by atoms with E-state index in [1.165, 1.54) is 5.56 Å². The van der Waals surface area contributed by atoms with Gasteiger partial charge in [-0.2, -0.15) is 0 Å². The average molecular weight is 269 g/mol. The van der Waals surface area contributed by atoms with E-state index in [0.29, 0.717) is 6.54 Å². The van der Waals surface area contributed by atoms with Crippen LogP contribution in [0.2, 0.25) is 0 Å². The molecule has 1 heterocycles. The number of amides is 2. The lowest BCUT2D eigenvalue weighted by atomic mass is 10.1. The normalized spacial score (nSPS) is 11.7. The minimum Gasteiger partial charge on any atom is -0.334 e. The Morgan fingerprint density at radius 2 is 1.95 bits per heavy atom. The van der Waals surface area contributed by atoms with Crippen molar-refractivity contribution in [2.75, 3.05) is 0 Å². The fourth-order valence-corrected chi connectivity index (χ4v) is 1.84. The van der Waals surface area contributed by atoms with Gasteiger partial charge in [-0.05, 0) is 31.5 Å². The van der Waals surface area contributed by atoms with Gasteiger partial charge in [0.25, 0.3) is 0 Å². The number of aromatic nitrogens is 1. The summed E-state index contributed by atoms with van der Waals surface area (Å²) in [5.41, 5.74) is 3.14. The van der Waals surface area contributed by atoms with Gasteiger partial charge in [-0.3, -0.25) is 4.98 Å². The molecule has 0 radical (unpaired) electrons. The molecule has 0 saturated carbocycles. The highest BCUT2D eigenvalue weighted by molar-refractivity contribution is 5.74. The molecule has 1 atom stereocenters. The Hall–Kier alpha value is -2.36. The van der Waals surface area contributed by atoms with Gasteiger partial charge < -0.3 is 10.6 Å². The Kier molecular flexibility index (Phi) is 4.71. The monoisotopic (exact) mass is 269 g/mol. The summed E-state index contributed by atoms with van der Waals surface area (Å²) in [6.07, 6.45) is 1.72. The summed E-state index contributed by atoms with van der Waals surface area (Å²) in [5, 5.41) is 5.71. The van der Waals surface area contributed by atoms with Crippen molar-refractivity contribution in [3.05, 3.63) is 65.5 Å². The van der Waals surface area contributed by atoms with Gasteiger partial charge in [0.2, 0.25) is 0 Å². The number of nitrogens with zero attached hydrogens (tertiary/aromatic N) is 1. The SMILES string of the molecule is Cc1ccc(CNC(=O)N[C@@H](C)c2ccccn2)cc1. The van der Waals surface area contributed by atoms with Gasteiger partial charge >= 0.3 is 6.03 Å². The molecule has 2 aromatic rings. The molecule has 0 bridgehead atoms. The predicted molar refractivity (Wildman–Crippen MR) is 79.2 cm³/mol. The molecular formula is C16H19N3O. The Morgan fingerprint density at radius 3 is 2.60 bits per heavy atom. The lowest BCUT2D eigenvalue weighted by Gasteiger charge is -2.14. The Balaban J connectivity index is 1.82. The molecule has 0 unspecified atom stereocenters. The highest BCUT2D eigenvalue weighted by Gasteiger charge is 2.09. The molecule has 2 rings (SSSR count). The van der Waals surface area contributed by atoms with Gasteiger partial charge in [0, 0.05) is 12.7 Å². The van der Waals surface area contributed by atoms with Gasteiger partial charge in [0.15, 0.2) is 0 Å². The van der Waals surface area contributed by atoms with E-state index in [4.69, 9.17) is 0 Å². The van der Waals surface area contributed by atoms with Gasteiger partial charge in [-0.25, -0.2) is 4.79 Å². The second kappa shape index (κ2) is 6.70. The first-order valence-electron chi connectivity index (χ1n) is 6.66. The maximum Gasteiger partial charge on any atom is 0.315 e. The second-order valence-corrected chi connectivity index (χ2v) is 4.79. The molecule has 0 saturated heterocycles. The molecule has 2 N–H and O–H groups in total. The van der Waals surface area contributed by atoms with Crippen molar-refractivity contribution in [1.29, 1.82) is 0 Å². The predicted octanol–water partition coefficient (Wildman–Crippen LogP) is 2.95. The fourth-order valence-electron chi connectivity index (χ4n) is 1.84. The van der Waals surface area contributed by atoms with E-state index in [9.17, 15) is 4.79 Å². The van der Waals surface area contributed by atoms with Crippen molar-refractivity contribution in [2.24, 2.45) is 0 Å². The quantitative estimate of drug-likeness (QED) is 0.896. The molecule has 0 spiro atoms. The average Bonchev–Trinajstić information content (AvgIpc) is 2.47. The van der Waals surface area contributed by atoms with Crippen molar-refractivity contribution in [3.8, 4) is 0 Å². The fraction of sp³-hybridized carbons (Fsp3) is 0.250. The summed E-state index contributed by atoms with van der Waals surface area (Å²) in [6.45, 7) is 4.47. The van der Waals surface area contributed by atoms with Crippen molar-refractivity contribution in [2.45, 2.75) is 26.4 Å². The van der Waals surface area contributed by atoms with Crippen LogP contribution < -0.4 is 10.6 Å². The van der Waals surface area contributed by atoms with Gasteiger partial charge in [0.1, 0.15) is 0 Å². The first-order valence-corrected chi connectivity index (χ1v) is 6.66. The number of benzene rings is 1. The molecular weight excluding hydrogens is 250 g/mol. The van der Waals surface area contributed by atoms with E-state index < -0.39 is 0 Å². The zero-order valence-corrected chi connectivity index (χ0v) is 11.8. The molecule has 4 nitrogen and oxygen atoms in total. The van der Waals surface area contributed by atoms with Crippen LogP contribution in [0.4, 0.5) is 4.79 Å². The minimum absolute atomic E-state index is 0.116. The standard InChI is InChI=1S/C16H19N3O/c1-12-6-8-14(9-7-12)11-18-16(20)19-13(2)15-5-3-4-10-17-15/h3-10,13H,11H2,1-2H3,(H2,18,19,20)/t13-/m0/s1. The zero-order valence-electron chi connectivity index (χ0n) is 11.8. The summed E-state index contributed by atoms with van der Waals surface area (Å²) in [6, 6.07) is 13.4. The summed E-state index contributed by atoms with van der Waals surface area (Å²) in [7, 11) is 0. The number of nitrogens with one attached hydrogen (secondary N) is 2. The number of carbonyl (C=O) groups excluding carboxylic acids is 1. The van der Waals surface area contributed by atoms with E-state index in [1.54, 1.807) is 6.20 Å². The van der Waals surface area contributed by atoms with Crippen LogP contribution in [-0.2, 0) is 6.54 Å². The summed E-state index contributed by atoms with van der Waals surface area (Å²) in [4.78, 5) is 16.0. The summed E-state index contributed by atoms with van der Waals surface area (Å²) in [5.74, 6) is 0. The van der Waals surface area contributed by atoms with E-state index in [0.717, 1.165) is 11.3 Å². The van der Waals surface area contributed by atoms with Crippen molar-refractivity contribution in [1.82, 2.24) is 15.6 Å². The van der Waals surface area contributed by atoms with Crippen LogP contribution in [0.1, 0.15) is 29.8 Å². The lowest BCUT2D eigenvalue weighted by molar-refractivity contribution is 0.237. The number of hydrogen-bond donors (Lipinski definition) is 2. The van der Waals surface area contributed by atoms with Crippen LogP contribution in [0.3, 0.4) is 0 Å². The van der Waals surface area contributed by atoms with Crippen LogP contribution in [-0.4, -0.2) is 11.0 Å². The third-order valence-electron chi connectivity index (χ3n) is 3.05. The first-order chi connectivity index (χ1) is 9.65. The lowest BCUT2D eigenvalue weighted by Crippen LogP contribution is -2.36. The van der Waals surface area contributed by atoms with Crippen molar-refractivity contribution in [3.63, 3.8) is 0 Å². The van der Waals surface area contributed by atoms with E-state index in [1.807, 2.05) is 56.3 Å². The molecule has 1 aromatic carbocycles. The topological polar surface area (TPSA) is 54.0 Å². The van der Waals surface area contributed by atoms with Gasteiger partial charge in [-0.15, -0.1) is 0 Å². The Bertz CT molecular complexity index is 552. The third-order valence-corrected chi connectivity index (χ3v) is 3.05. The molecule has 0 aliphatic rings. The molecule has 4 heteroatoms. The highest BCUT2D eigenvalue weighted by atomic mass is 16.2. The smallest absolute Gasteiger partial charge is 0.315 e. The van der Waals surface area contributed by atoms with E-state index in [2.05, 4.69) is 15.6 Å². The molecule has 0 aliphatic carbocycles. The maximum atomic E-state index is 11.8. The summed E-state index contributed by atoms with van der Waals surface area (Å²) >= 11 is 0. The third kappa shape index (κ3) is 4.09. The van der Waals surface area contributed by atoms with E-state index >= 15 is 0 Å². The van der Waals surface area contributed by atoms with Crippen molar-refractivity contribution >= 4 is 6.03 Å². The Morgan fingerprint density at radius 1 is 1.20 bits per heavy atom. The van der Waals surface area contributed by atoms with Crippen molar-refractivity contribution < 1.29 is 4.79 Å². The maximum absolute atomic E-state index is 11.8. The second-order valence-electron chi connectivity index (χ2n) is 4.79. The Labute approximate surface area is 119 Å². The first kappa shape index (κ1) is 14.1. The van der Waals surface area contributed by atoms with Crippen LogP contribution in [0, 0.1) is 6.92 Å². The number of rotatable bonds is 4. The van der Waals surface area contributed by atoms with Gasteiger partial charge in [-0.1, -0.05) is 35.9 Å². The summed E-state index contributed by atoms with van der Waals surface area (Å²) < 4.78 is 0. The number of carbonyl (C=O) groups is 1. The zero-order chi connectivity index (χ0) is 14.4. The minimum atomic E-state index is -0.191.